The summed E-state index contributed by atoms with van der Waals surface area (Å²) in [6.45, 7) is 10.1. The summed E-state index contributed by atoms with van der Waals surface area (Å²) in [6.07, 6.45) is 1.62. The van der Waals surface area contributed by atoms with Crippen molar-refractivity contribution in [3.05, 3.63) is 82.1 Å². The van der Waals surface area contributed by atoms with Crippen LogP contribution in [0.4, 0.5) is 11.4 Å². The van der Waals surface area contributed by atoms with Crippen molar-refractivity contribution in [3.8, 4) is 5.69 Å². The third kappa shape index (κ3) is 4.61. The van der Waals surface area contributed by atoms with Gasteiger partial charge >= 0.3 is 0 Å². The average molecular weight is 507 g/mol. The van der Waals surface area contributed by atoms with Gasteiger partial charge in [-0.05, 0) is 94.0 Å². The summed E-state index contributed by atoms with van der Waals surface area (Å²) in [7, 11) is 0. The van der Waals surface area contributed by atoms with Crippen LogP contribution in [-0.4, -0.2) is 34.6 Å². The van der Waals surface area contributed by atoms with Crippen LogP contribution in [-0.2, 0) is 9.59 Å². The Morgan fingerprint density at radius 3 is 2.31 bits per heavy atom. The van der Waals surface area contributed by atoms with Crippen LogP contribution in [0.25, 0.3) is 11.8 Å². The molecule has 2 aromatic carbocycles. The SMILES string of the molecule is CCN(CC)c1ccc(-n2c(C)cc(/C=C3\C(=O)NC(=S)N(c4ccccc4Cl)C3=O)c2C)cc1. The van der Waals surface area contributed by atoms with Gasteiger partial charge in [-0.3, -0.25) is 19.8 Å². The minimum Gasteiger partial charge on any atom is -0.372 e. The van der Waals surface area contributed by atoms with Gasteiger partial charge in [-0.25, -0.2) is 0 Å². The zero-order valence-corrected chi connectivity index (χ0v) is 21.7. The van der Waals surface area contributed by atoms with Crippen LogP contribution in [0.1, 0.15) is 30.8 Å². The molecule has 1 aromatic heterocycles. The summed E-state index contributed by atoms with van der Waals surface area (Å²) < 4.78 is 2.11. The summed E-state index contributed by atoms with van der Waals surface area (Å²) >= 11 is 11.6. The lowest BCUT2D eigenvalue weighted by atomic mass is 10.1. The molecule has 0 spiro atoms. The number of carbonyl (C=O) groups excluding carboxylic acids is 2. The second-order valence-corrected chi connectivity index (χ2v) is 9.05. The minimum absolute atomic E-state index is 0.00372. The van der Waals surface area contributed by atoms with E-state index in [4.69, 9.17) is 23.8 Å². The molecule has 0 aliphatic carbocycles. The van der Waals surface area contributed by atoms with E-state index in [1.54, 1.807) is 30.3 Å². The fraction of sp³-hybridized carbons (Fsp3) is 0.222. The Morgan fingerprint density at radius 1 is 1.03 bits per heavy atom. The van der Waals surface area contributed by atoms with Crippen molar-refractivity contribution in [2.45, 2.75) is 27.7 Å². The van der Waals surface area contributed by atoms with Crippen LogP contribution in [0.3, 0.4) is 0 Å². The lowest BCUT2D eigenvalue weighted by Crippen LogP contribution is -2.54. The van der Waals surface area contributed by atoms with Gasteiger partial charge in [-0.15, -0.1) is 0 Å². The first-order chi connectivity index (χ1) is 16.8. The average Bonchev–Trinajstić information content (AvgIpc) is 3.11. The molecular formula is C27H27ClN4O2S. The molecule has 0 unspecified atom stereocenters. The maximum Gasteiger partial charge on any atom is 0.270 e. The quantitative estimate of drug-likeness (QED) is 0.275. The molecule has 1 fully saturated rings. The van der Waals surface area contributed by atoms with E-state index in [-0.39, 0.29) is 10.7 Å². The number of carbonyl (C=O) groups is 2. The molecule has 6 nitrogen and oxygen atoms in total. The van der Waals surface area contributed by atoms with Gasteiger partial charge < -0.3 is 9.47 Å². The second-order valence-electron chi connectivity index (χ2n) is 8.26. The number of halogens is 1. The zero-order valence-electron chi connectivity index (χ0n) is 20.1. The highest BCUT2D eigenvalue weighted by molar-refractivity contribution is 7.80. The van der Waals surface area contributed by atoms with Crippen molar-refractivity contribution in [2.24, 2.45) is 0 Å². The summed E-state index contributed by atoms with van der Waals surface area (Å²) in [5, 5.41) is 2.98. The summed E-state index contributed by atoms with van der Waals surface area (Å²) in [5.41, 5.74) is 5.29. The Morgan fingerprint density at radius 2 is 1.69 bits per heavy atom. The number of hydrogen-bond donors (Lipinski definition) is 1. The van der Waals surface area contributed by atoms with Crippen molar-refractivity contribution < 1.29 is 9.59 Å². The number of rotatable bonds is 6. The van der Waals surface area contributed by atoms with Crippen molar-refractivity contribution in [3.63, 3.8) is 0 Å². The van der Waals surface area contributed by atoms with Gasteiger partial charge in [0.05, 0.1) is 10.7 Å². The molecular weight excluding hydrogens is 480 g/mol. The molecule has 0 saturated carbocycles. The minimum atomic E-state index is -0.531. The Kier molecular flexibility index (Phi) is 7.10. The number of thiocarbonyl (C=S) groups is 1. The van der Waals surface area contributed by atoms with Crippen LogP contribution in [0.5, 0.6) is 0 Å². The topological polar surface area (TPSA) is 57.6 Å². The van der Waals surface area contributed by atoms with Crippen LogP contribution >= 0.6 is 23.8 Å². The molecule has 1 saturated heterocycles. The molecule has 3 aromatic rings. The predicted octanol–water partition coefficient (Wildman–Crippen LogP) is 5.43. The smallest absolute Gasteiger partial charge is 0.270 e. The molecule has 0 atom stereocenters. The first kappa shape index (κ1) is 24.7. The van der Waals surface area contributed by atoms with Gasteiger partial charge in [-0.1, -0.05) is 23.7 Å². The maximum atomic E-state index is 13.4. The van der Waals surface area contributed by atoms with E-state index >= 15 is 0 Å². The Balaban J connectivity index is 1.71. The molecule has 0 radical (unpaired) electrons. The van der Waals surface area contributed by atoms with Crippen LogP contribution < -0.4 is 15.1 Å². The second kappa shape index (κ2) is 10.1. The molecule has 1 N–H and O–H groups in total. The number of aromatic nitrogens is 1. The lowest BCUT2D eigenvalue weighted by molar-refractivity contribution is -0.122. The van der Waals surface area contributed by atoms with E-state index in [9.17, 15) is 9.59 Å². The molecule has 1 aliphatic heterocycles. The molecule has 180 valence electrons. The van der Waals surface area contributed by atoms with E-state index in [1.807, 2.05) is 19.9 Å². The van der Waals surface area contributed by atoms with Crippen LogP contribution in [0, 0.1) is 13.8 Å². The third-order valence-electron chi connectivity index (χ3n) is 6.20. The fourth-order valence-electron chi connectivity index (χ4n) is 4.40. The highest BCUT2D eigenvalue weighted by Crippen LogP contribution is 2.30. The number of nitrogens with zero attached hydrogens (tertiary/aromatic N) is 3. The third-order valence-corrected chi connectivity index (χ3v) is 6.81. The fourth-order valence-corrected chi connectivity index (χ4v) is 4.89. The highest BCUT2D eigenvalue weighted by Gasteiger charge is 2.35. The molecule has 8 heteroatoms. The van der Waals surface area contributed by atoms with Gasteiger partial charge in [0.1, 0.15) is 5.57 Å². The molecule has 1 aliphatic rings. The molecule has 35 heavy (non-hydrogen) atoms. The number of anilines is 2. The Hall–Kier alpha value is -3.42. The normalized spacial score (nSPS) is 15.1. The van der Waals surface area contributed by atoms with Crippen molar-refractivity contribution in [1.82, 2.24) is 9.88 Å². The monoisotopic (exact) mass is 506 g/mol. The first-order valence-electron chi connectivity index (χ1n) is 11.5. The van der Waals surface area contributed by atoms with Crippen molar-refractivity contribution in [1.29, 1.82) is 0 Å². The largest absolute Gasteiger partial charge is 0.372 e. The van der Waals surface area contributed by atoms with Crippen LogP contribution in [0.15, 0.2) is 60.2 Å². The van der Waals surface area contributed by atoms with Gasteiger partial charge in [0.15, 0.2) is 5.11 Å². The summed E-state index contributed by atoms with van der Waals surface area (Å²) in [5.74, 6) is -1.04. The maximum absolute atomic E-state index is 13.4. The summed E-state index contributed by atoms with van der Waals surface area (Å²) in [4.78, 5) is 29.7. The molecule has 0 bridgehead atoms. The number of para-hydroxylation sites is 1. The first-order valence-corrected chi connectivity index (χ1v) is 12.3. The van der Waals surface area contributed by atoms with Crippen molar-refractivity contribution >= 4 is 58.2 Å². The molecule has 4 rings (SSSR count). The van der Waals surface area contributed by atoms with E-state index < -0.39 is 11.8 Å². The Labute approximate surface area is 215 Å². The van der Waals surface area contributed by atoms with Crippen molar-refractivity contribution in [2.75, 3.05) is 22.9 Å². The number of nitrogens with one attached hydrogen (secondary N) is 1. The number of aryl methyl sites for hydroxylation is 1. The van der Waals surface area contributed by atoms with E-state index in [0.29, 0.717) is 10.7 Å². The number of amides is 2. The van der Waals surface area contributed by atoms with Gasteiger partial charge in [0, 0.05) is 35.9 Å². The van der Waals surface area contributed by atoms with Gasteiger partial charge in [0.25, 0.3) is 11.8 Å². The molecule has 2 heterocycles. The lowest BCUT2D eigenvalue weighted by Gasteiger charge is -2.29. The predicted molar refractivity (Wildman–Crippen MR) is 146 cm³/mol. The van der Waals surface area contributed by atoms with Crippen LogP contribution in [0.2, 0.25) is 5.02 Å². The van der Waals surface area contributed by atoms with E-state index in [0.717, 1.165) is 35.7 Å². The van der Waals surface area contributed by atoms with Gasteiger partial charge in [0.2, 0.25) is 0 Å². The standard InChI is InChI=1S/C27H27ClN4O2S/c1-5-30(6-2)20-11-13-21(14-12-20)31-17(3)15-19(18(31)4)16-22-25(33)29-27(35)32(26(22)34)24-10-8-7-9-23(24)28/h7-16H,5-6H2,1-4H3,(H,29,33,35)/b22-16+. The molecule has 2 amide bonds. The van der Waals surface area contributed by atoms with Gasteiger partial charge in [-0.2, -0.15) is 0 Å². The summed E-state index contributed by atoms with van der Waals surface area (Å²) in [6, 6.07) is 17.2. The van der Waals surface area contributed by atoms with E-state index in [1.165, 1.54) is 10.6 Å². The van der Waals surface area contributed by atoms with E-state index in [2.05, 4.69) is 52.9 Å². The number of benzene rings is 2. The Bertz CT molecular complexity index is 1340. The number of hydrogen-bond acceptors (Lipinski definition) is 4. The zero-order chi connectivity index (χ0) is 25.3. The highest BCUT2D eigenvalue weighted by atomic mass is 35.5.